The van der Waals surface area contributed by atoms with Gasteiger partial charge in [0.2, 0.25) is 5.91 Å². The van der Waals surface area contributed by atoms with E-state index in [1.54, 1.807) is 0 Å². The highest BCUT2D eigenvalue weighted by Gasteiger charge is 2.31. The number of aliphatic hydroxyl groups excluding tert-OH is 1. The molecule has 2 rings (SSSR count). The molecule has 2 fully saturated rings. The van der Waals surface area contributed by atoms with Gasteiger partial charge in [0, 0.05) is 26.7 Å². The average Bonchev–Trinajstić information content (AvgIpc) is 2.48. The zero-order chi connectivity index (χ0) is 16.1. The lowest BCUT2D eigenvalue weighted by Crippen LogP contribution is -2.56. The Morgan fingerprint density at radius 1 is 1.38 bits per heavy atom. The second-order valence-corrected chi connectivity index (χ2v) is 6.82. The monoisotopic (exact) mass is 385 g/mol. The van der Waals surface area contributed by atoms with Gasteiger partial charge in [0.05, 0.1) is 18.8 Å². The van der Waals surface area contributed by atoms with Crippen LogP contribution in [0.2, 0.25) is 0 Å². The molecule has 0 spiro atoms. The number of hydrogen-bond acceptors (Lipinski definition) is 5. The van der Waals surface area contributed by atoms with Crippen molar-refractivity contribution in [3.63, 3.8) is 0 Å². The number of carbonyl (C=O) groups excluding carboxylic acids is 1. The van der Waals surface area contributed by atoms with Crippen LogP contribution in [0.25, 0.3) is 0 Å². The van der Waals surface area contributed by atoms with Crippen molar-refractivity contribution in [2.24, 2.45) is 5.92 Å². The van der Waals surface area contributed by atoms with Crippen LogP contribution in [-0.2, 0) is 9.53 Å². The molecule has 1 unspecified atom stereocenters. The van der Waals surface area contributed by atoms with Gasteiger partial charge in [0.1, 0.15) is 6.04 Å². The number of morpholine rings is 1. The minimum Gasteiger partial charge on any atom is -0.392 e. The molecule has 0 saturated carbocycles. The van der Waals surface area contributed by atoms with Crippen molar-refractivity contribution in [1.82, 2.24) is 15.1 Å². The second-order valence-electron chi connectivity index (χ2n) is 6.82. The van der Waals surface area contributed by atoms with Gasteiger partial charge in [0.25, 0.3) is 0 Å². The SMILES string of the molecule is CC(O)CN1CCC(CN(C)C(=O)[C@H]2NCCO[C@@H]2C)CC1.Cl.Cl. The highest BCUT2D eigenvalue weighted by atomic mass is 35.5. The molecule has 2 heterocycles. The van der Waals surface area contributed by atoms with E-state index >= 15 is 0 Å². The van der Waals surface area contributed by atoms with Gasteiger partial charge < -0.3 is 25.0 Å². The quantitative estimate of drug-likeness (QED) is 0.731. The van der Waals surface area contributed by atoms with Gasteiger partial charge in [-0.15, -0.1) is 24.8 Å². The predicted octanol–water partition coefficient (Wildman–Crippen LogP) is 0.758. The lowest BCUT2D eigenvalue weighted by atomic mass is 9.95. The normalized spacial score (nSPS) is 26.8. The Hall–Kier alpha value is -0.110. The average molecular weight is 386 g/mol. The molecule has 2 aliphatic heterocycles. The van der Waals surface area contributed by atoms with Crippen molar-refractivity contribution in [3.05, 3.63) is 0 Å². The van der Waals surface area contributed by atoms with Gasteiger partial charge in [-0.2, -0.15) is 0 Å². The largest absolute Gasteiger partial charge is 0.392 e. The van der Waals surface area contributed by atoms with Gasteiger partial charge in [-0.05, 0) is 45.7 Å². The maximum absolute atomic E-state index is 12.5. The van der Waals surface area contributed by atoms with Gasteiger partial charge in [-0.25, -0.2) is 0 Å². The smallest absolute Gasteiger partial charge is 0.242 e. The molecule has 0 aromatic carbocycles. The van der Waals surface area contributed by atoms with E-state index < -0.39 is 0 Å². The van der Waals surface area contributed by atoms with Crippen LogP contribution in [0.3, 0.4) is 0 Å². The number of likely N-dealkylation sites (N-methyl/N-ethyl adjacent to an activating group) is 1. The summed E-state index contributed by atoms with van der Waals surface area (Å²) in [5.41, 5.74) is 0. The first-order chi connectivity index (χ1) is 10.5. The summed E-state index contributed by atoms with van der Waals surface area (Å²) in [6.07, 6.45) is 1.86. The summed E-state index contributed by atoms with van der Waals surface area (Å²) >= 11 is 0. The van der Waals surface area contributed by atoms with Gasteiger partial charge in [0.15, 0.2) is 0 Å². The molecular formula is C16H33Cl2N3O3. The number of β-amino-alcohol motifs (C(OH)–C–C–N with tert-alkyl or cyclic N) is 1. The maximum atomic E-state index is 12.5. The van der Waals surface area contributed by atoms with Gasteiger partial charge in [-0.3, -0.25) is 4.79 Å². The second kappa shape index (κ2) is 11.5. The number of aliphatic hydroxyl groups is 1. The third-order valence-corrected chi connectivity index (χ3v) is 4.72. The van der Waals surface area contributed by atoms with Crippen LogP contribution in [0, 0.1) is 5.92 Å². The van der Waals surface area contributed by atoms with E-state index in [1.807, 2.05) is 25.8 Å². The Kier molecular flexibility index (Phi) is 11.4. The number of carbonyl (C=O) groups is 1. The Morgan fingerprint density at radius 2 is 2.00 bits per heavy atom. The fourth-order valence-corrected chi connectivity index (χ4v) is 3.45. The number of nitrogens with one attached hydrogen (secondary N) is 1. The summed E-state index contributed by atoms with van der Waals surface area (Å²) in [6.45, 7) is 8.80. The van der Waals surface area contributed by atoms with Crippen molar-refractivity contribution < 1.29 is 14.6 Å². The lowest BCUT2D eigenvalue weighted by Gasteiger charge is -2.36. The fraction of sp³-hybridized carbons (Fsp3) is 0.938. The number of piperidine rings is 1. The van der Waals surface area contributed by atoms with Crippen molar-refractivity contribution >= 4 is 30.7 Å². The highest BCUT2D eigenvalue weighted by molar-refractivity contribution is 5.85. The van der Waals surface area contributed by atoms with Gasteiger partial charge >= 0.3 is 0 Å². The minimum absolute atomic E-state index is 0. The van der Waals surface area contributed by atoms with E-state index in [-0.39, 0.29) is 49.0 Å². The van der Waals surface area contributed by atoms with Crippen molar-refractivity contribution in [3.8, 4) is 0 Å². The number of nitrogens with zero attached hydrogens (tertiary/aromatic N) is 2. The summed E-state index contributed by atoms with van der Waals surface area (Å²) in [4.78, 5) is 16.7. The summed E-state index contributed by atoms with van der Waals surface area (Å²) in [6, 6.07) is -0.214. The summed E-state index contributed by atoms with van der Waals surface area (Å²) in [5, 5.41) is 12.7. The van der Waals surface area contributed by atoms with Crippen molar-refractivity contribution in [1.29, 1.82) is 0 Å². The number of rotatable bonds is 5. The minimum atomic E-state index is -0.264. The Balaban J connectivity index is 0.00000264. The van der Waals surface area contributed by atoms with Crippen LogP contribution in [-0.4, -0.2) is 85.4 Å². The zero-order valence-electron chi connectivity index (χ0n) is 14.9. The Morgan fingerprint density at radius 3 is 2.54 bits per heavy atom. The zero-order valence-corrected chi connectivity index (χ0v) is 16.6. The molecule has 2 aliphatic rings. The molecule has 0 aromatic rings. The molecule has 144 valence electrons. The summed E-state index contributed by atoms with van der Waals surface area (Å²) < 4.78 is 5.56. The molecule has 1 amide bonds. The molecule has 2 N–H and O–H groups in total. The molecule has 0 bridgehead atoms. The number of likely N-dealkylation sites (tertiary alicyclic amines) is 1. The van der Waals surface area contributed by atoms with Crippen LogP contribution >= 0.6 is 24.8 Å². The van der Waals surface area contributed by atoms with Gasteiger partial charge in [-0.1, -0.05) is 0 Å². The van der Waals surface area contributed by atoms with E-state index in [9.17, 15) is 9.90 Å². The maximum Gasteiger partial charge on any atom is 0.242 e. The fourth-order valence-electron chi connectivity index (χ4n) is 3.45. The number of hydrogen-bond donors (Lipinski definition) is 2. The molecule has 0 aliphatic carbocycles. The van der Waals surface area contributed by atoms with Crippen LogP contribution in [0.1, 0.15) is 26.7 Å². The third-order valence-electron chi connectivity index (χ3n) is 4.72. The van der Waals surface area contributed by atoms with Crippen LogP contribution in [0.5, 0.6) is 0 Å². The molecule has 6 nitrogen and oxygen atoms in total. The third kappa shape index (κ3) is 7.02. The summed E-state index contributed by atoms with van der Waals surface area (Å²) in [5.74, 6) is 0.692. The predicted molar refractivity (Wildman–Crippen MR) is 100 cm³/mol. The first kappa shape index (κ1) is 23.9. The lowest BCUT2D eigenvalue weighted by molar-refractivity contribution is -0.138. The molecule has 0 aromatic heterocycles. The van der Waals surface area contributed by atoms with Crippen molar-refractivity contribution in [2.75, 3.05) is 46.4 Å². The molecule has 0 radical (unpaired) electrons. The van der Waals surface area contributed by atoms with Crippen LogP contribution in [0.4, 0.5) is 0 Å². The molecular weight excluding hydrogens is 353 g/mol. The van der Waals surface area contributed by atoms with E-state index in [0.29, 0.717) is 12.5 Å². The number of amides is 1. The van der Waals surface area contributed by atoms with Crippen LogP contribution < -0.4 is 5.32 Å². The van der Waals surface area contributed by atoms with Crippen molar-refractivity contribution in [2.45, 2.75) is 44.9 Å². The number of halogens is 2. The Bertz CT molecular complexity index is 366. The van der Waals surface area contributed by atoms with E-state index in [1.165, 1.54) is 0 Å². The molecule has 2 saturated heterocycles. The van der Waals surface area contributed by atoms with E-state index in [2.05, 4.69) is 10.2 Å². The molecule has 3 atom stereocenters. The summed E-state index contributed by atoms with van der Waals surface area (Å²) in [7, 11) is 1.90. The highest BCUT2D eigenvalue weighted by Crippen LogP contribution is 2.19. The first-order valence-corrected chi connectivity index (χ1v) is 8.47. The van der Waals surface area contributed by atoms with E-state index in [4.69, 9.17) is 4.74 Å². The first-order valence-electron chi connectivity index (χ1n) is 8.47. The standard InChI is InChI=1S/C16H31N3O3.2ClH/c1-12(20)10-19-7-4-14(5-8-19)11-18(3)16(21)15-13(2)22-9-6-17-15;;/h12-15,17,20H,4-11H2,1-3H3;2*1H/t12?,13-,15+;;/m1../s1. The van der Waals surface area contributed by atoms with Crippen LogP contribution in [0.15, 0.2) is 0 Å². The molecule has 24 heavy (non-hydrogen) atoms. The Labute approximate surface area is 158 Å². The van der Waals surface area contributed by atoms with E-state index in [0.717, 1.165) is 45.6 Å². The number of ether oxygens (including phenoxy) is 1. The topological polar surface area (TPSA) is 65.0 Å². The molecule has 8 heteroatoms.